The molecule has 6 atom stereocenters. The van der Waals surface area contributed by atoms with Gasteiger partial charge in [0.15, 0.2) is 28.7 Å². The van der Waals surface area contributed by atoms with Gasteiger partial charge in [-0.2, -0.15) is 0 Å². The number of methoxy groups -OCH3 is 1. The van der Waals surface area contributed by atoms with E-state index < -0.39 is 78.5 Å². The zero-order chi connectivity index (χ0) is 34.2. The van der Waals surface area contributed by atoms with Gasteiger partial charge in [-0.25, -0.2) is 4.79 Å². The summed E-state index contributed by atoms with van der Waals surface area (Å²) in [5.41, 5.74) is -10.5. The van der Waals surface area contributed by atoms with Crippen molar-refractivity contribution in [3.63, 3.8) is 0 Å². The average molecular weight is 639 g/mol. The molecule has 244 valence electrons. The van der Waals surface area contributed by atoms with Crippen molar-refractivity contribution in [2.24, 2.45) is 0 Å². The van der Waals surface area contributed by atoms with E-state index >= 15 is 0 Å². The molecular formula is C30H42O13Si. The van der Waals surface area contributed by atoms with Gasteiger partial charge in [0.1, 0.15) is 18.0 Å². The molecule has 1 unspecified atom stereocenters. The first kappa shape index (κ1) is 36.9. The number of Topliss-reactive ketones (excluding diaryl/α,β-unsaturated/α-hetero) is 4. The van der Waals surface area contributed by atoms with Crippen LogP contribution >= 0.6 is 0 Å². The lowest BCUT2D eigenvalue weighted by atomic mass is 9.60. The van der Waals surface area contributed by atoms with Crippen LogP contribution in [0.4, 0.5) is 0 Å². The number of aliphatic hydroxyl groups excluding tert-OH is 1. The van der Waals surface area contributed by atoms with E-state index in [1.54, 1.807) is 24.3 Å². The number of ketones is 4. The minimum atomic E-state index is -3.73. The summed E-state index contributed by atoms with van der Waals surface area (Å²) in [5.74, 6) is -6.75. The molecule has 1 aliphatic rings. The lowest BCUT2D eigenvalue weighted by Crippen LogP contribution is -2.87. The van der Waals surface area contributed by atoms with Gasteiger partial charge in [0, 0.05) is 0 Å². The zero-order valence-corrected chi connectivity index (χ0v) is 27.6. The van der Waals surface area contributed by atoms with E-state index in [0.29, 0.717) is 32.1 Å². The van der Waals surface area contributed by atoms with Crippen molar-refractivity contribution < 1.29 is 63.0 Å². The van der Waals surface area contributed by atoms with Gasteiger partial charge in [0.25, 0.3) is 0 Å². The smallest absolute Gasteiger partial charge is 0.373 e. The molecule has 1 saturated heterocycles. The first-order chi connectivity index (χ1) is 19.9. The molecule has 1 aromatic rings. The summed E-state index contributed by atoms with van der Waals surface area (Å²) >= 11 is 0. The summed E-state index contributed by atoms with van der Waals surface area (Å²) in [4.78, 5) is 63.6. The fourth-order valence-electron chi connectivity index (χ4n) is 4.63. The molecule has 1 heterocycles. The normalized spacial score (nSPS) is 28.5. The van der Waals surface area contributed by atoms with Crippen molar-refractivity contribution >= 4 is 43.5 Å². The number of carbonyl (C=O) groups excluding carboxylic acids is 5. The van der Waals surface area contributed by atoms with E-state index in [1.807, 2.05) is 0 Å². The quantitative estimate of drug-likeness (QED) is 0.117. The second kappa shape index (κ2) is 12.6. The van der Waals surface area contributed by atoms with E-state index in [9.17, 15) is 44.4 Å². The fraction of sp³-hybridized carbons (Fsp3) is 0.567. The van der Waals surface area contributed by atoms with Gasteiger partial charge in [-0.05, 0) is 69.6 Å². The molecule has 0 saturated carbocycles. The number of hydrogen-bond acceptors (Lipinski definition) is 13. The molecule has 0 aromatic heterocycles. The van der Waals surface area contributed by atoms with E-state index in [2.05, 4.69) is 33.9 Å². The van der Waals surface area contributed by atoms with Gasteiger partial charge in [-0.3, -0.25) is 19.2 Å². The number of esters is 1. The molecular weight excluding hydrogens is 596 g/mol. The van der Waals surface area contributed by atoms with E-state index in [0.717, 1.165) is 20.1 Å². The fourth-order valence-corrected chi connectivity index (χ4v) is 5.66. The van der Waals surface area contributed by atoms with E-state index in [1.165, 1.54) is 0 Å². The number of rotatable bonds is 11. The highest BCUT2D eigenvalue weighted by atomic mass is 28.4. The highest BCUT2D eigenvalue weighted by Gasteiger charge is 2.80. The molecule has 13 nitrogen and oxygen atoms in total. The van der Waals surface area contributed by atoms with E-state index in [4.69, 9.17) is 18.6 Å². The molecule has 1 aliphatic heterocycles. The Labute approximate surface area is 256 Å². The average Bonchev–Trinajstić information content (AvgIpc) is 2.91. The summed E-state index contributed by atoms with van der Waals surface area (Å²) in [6.07, 6.45) is -6.22. The topological polar surface area (TPSA) is 203 Å². The summed E-state index contributed by atoms with van der Waals surface area (Å²) in [6, 6.07) is 6.42. The second-order valence-electron chi connectivity index (χ2n) is 12.4. The molecule has 0 amide bonds. The van der Waals surface area contributed by atoms with Gasteiger partial charge >= 0.3 is 5.97 Å². The molecule has 4 N–H and O–H groups in total. The maximum atomic E-state index is 13.0. The third-order valence-corrected chi connectivity index (χ3v) is 12.7. The molecule has 14 heteroatoms. The van der Waals surface area contributed by atoms with Crippen LogP contribution in [0.25, 0.3) is 6.08 Å². The molecule has 44 heavy (non-hydrogen) atoms. The van der Waals surface area contributed by atoms with Crippen LogP contribution < -0.4 is 4.43 Å². The molecule has 0 aliphatic carbocycles. The largest absolute Gasteiger partial charge is 0.544 e. The predicted molar refractivity (Wildman–Crippen MR) is 158 cm³/mol. The van der Waals surface area contributed by atoms with Crippen LogP contribution in [0.3, 0.4) is 0 Å². The summed E-state index contributed by atoms with van der Waals surface area (Å²) in [5, 5.41) is 45.3. The molecule has 1 fully saturated rings. The Hall–Kier alpha value is -3.27. The van der Waals surface area contributed by atoms with Crippen LogP contribution in [-0.4, -0.2) is 100 Å². The number of carbonyl (C=O) groups is 5. The Balaban J connectivity index is 2.72. The lowest BCUT2D eigenvalue weighted by molar-refractivity contribution is -0.366. The van der Waals surface area contributed by atoms with Crippen molar-refractivity contribution in [1.82, 2.24) is 0 Å². The number of aliphatic hydroxyl groups is 4. The van der Waals surface area contributed by atoms with Crippen molar-refractivity contribution in [1.29, 1.82) is 0 Å². The highest BCUT2D eigenvalue weighted by molar-refractivity contribution is 6.74. The molecule has 2 rings (SSSR count). The van der Waals surface area contributed by atoms with Gasteiger partial charge in [0.05, 0.1) is 7.11 Å². The summed E-state index contributed by atoms with van der Waals surface area (Å²) in [6.45, 7) is 13.3. The minimum Gasteiger partial charge on any atom is -0.544 e. The Morgan fingerprint density at radius 1 is 0.909 bits per heavy atom. The summed E-state index contributed by atoms with van der Waals surface area (Å²) < 4.78 is 22.1. The maximum absolute atomic E-state index is 13.0. The van der Waals surface area contributed by atoms with Crippen molar-refractivity contribution in [2.45, 2.75) is 102 Å². The molecule has 0 bridgehead atoms. The molecule has 1 aromatic carbocycles. The Kier molecular flexibility index (Phi) is 10.6. The monoisotopic (exact) mass is 638 g/mol. The van der Waals surface area contributed by atoms with Crippen molar-refractivity contribution in [3.05, 3.63) is 35.6 Å². The van der Waals surface area contributed by atoms with Gasteiger partial charge in [-0.15, -0.1) is 0 Å². The van der Waals surface area contributed by atoms with Crippen molar-refractivity contribution in [3.8, 4) is 5.75 Å². The standard InChI is InChI=1S/C30H42O13Si/c1-16(31)23(35)24-28(37,17(2)32)30(39,19(4)34)29(38,18(3)33)26(42-24)41-22(25(36)40-8)15-20-11-13-21(14-12-20)43-44(9,10)27(5,6)7/h11-15,23-24,26,35,37-39H,1-10H3/b22-15+/t23?,24-,26+,28+,29+,30+/m1/s1. The number of ether oxygens (including phenoxy) is 3. The van der Waals surface area contributed by atoms with Gasteiger partial charge in [-0.1, -0.05) is 32.9 Å². The third kappa shape index (κ3) is 6.14. The van der Waals surface area contributed by atoms with Gasteiger partial charge < -0.3 is 39.1 Å². The first-order valence-electron chi connectivity index (χ1n) is 13.7. The first-order valence-corrected chi connectivity index (χ1v) is 16.6. The van der Waals surface area contributed by atoms with Crippen LogP contribution in [0.5, 0.6) is 5.75 Å². The van der Waals surface area contributed by atoms with Crippen molar-refractivity contribution in [2.75, 3.05) is 7.11 Å². The van der Waals surface area contributed by atoms with Crippen LogP contribution in [0, 0.1) is 0 Å². The predicted octanol–water partition coefficient (Wildman–Crippen LogP) is 1.24. The van der Waals surface area contributed by atoms with E-state index in [-0.39, 0.29) is 5.04 Å². The van der Waals surface area contributed by atoms with Crippen LogP contribution in [0.2, 0.25) is 18.1 Å². The third-order valence-electron chi connectivity index (χ3n) is 8.39. The SMILES string of the molecule is COC(=O)/C(=C\c1ccc(O[Si](C)(C)C(C)(C)C)cc1)O[C@H]1O[C@H](C(O)C(C)=O)[C@@](O)(C(C)=O)[C@@](O)(C(C)=O)[C@]1(O)C(C)=O. The van der Waals surface area contributed by atoms with Crippen LogP contribution in [0.1, 0.15) is 54.0 Å². The Morgan fingerprint density at radius 3 is 1.80 bits per heavy atom. The minimum absolute atomic E-state index is 0.0743. The lowest BCUT2D eigenvalue weighted by Gasteiger charge is -2.57. The summed E-state index contributed by atoms with van der Waals surface area (Å²) in [7, 11) is -1.18. The van der Waals surface area contributed by atoms with Gasteiger partial charge in [0.2, 0.25) is 31.6 Å². The highest BCUT2D eigenvalue weighted by Crippen LogP contribution is 2.48. The second-order valence-corrected chi connectivity index (χ2v) is 17.1. The molecule has 0 spiro atoms. The Morgan fingerprint density at radius 2 is 1.41 bits per heavy atom. The van der Waals surface area contributed by atoms with Crippen LogP contribution in [0.15, 0.2) is 30.0 Å². The maximum Gasteiger partial charge on any atom is 0.373 e. The number of benzene rings is 1. The molecule has 0 radical (unpaired) electrons. The zero-order valence-electron chi connectivity index (χ0n) is 26.6. The van der Waals surface area contributed by atoms with Crippen LogP contribution in [-0.2, 0) is 38.2 Å². The Bertz CT molecular complexity index is 1350. The number of hydrogen-bond donors (Lipinski definition) is 4.